The van der Waals surface area contributed by atoms with E-state index < -0.39 is 0 Å². The van der Waals surface area contributed by atoms with Crippen LogP contribution in [0.15, 0.2) is 24.4 Å². The molecule has 0 saturated carbocycles. The number of benzene rings is 1. The van der Waals surface area contributed by atoms with Gasteiger partial charge in [-0.2, -0.15) is 0 Å². The van der Waals surface area contributed by atoms with Gasteiger partial charge in [0, 0.05) is 24.1 Å². The molecule has 19 heavy (non-hydrogen) atoms. The average Bonchev–Trinajstić information content (AvgIpc) is 2.66. The first-order valence-corrected chi connectivity index (χ1v) is 6.31. The third-order valence-electron chi connectivity index (χ3n) is 3.23. The van der Waals surface area contributed by atoms with Crippen molar-refractivity contribution in [2.45, 2.75) is 26.8 Å². The van der Waals surface area contributed by atoms with E-state index in [9.17, 15) is 4.79 Å². The maximum absolute atomic E-state index is 11.5. The third-order valence-corrected chi connectivity index (χ3v) is 3.23. The van der Waals surface area contributed by atoms with Crippen LogP contribution in [0.4, 0.5) is 0 Å². The molecule has 3 heteroatoms. The van der Waals surface area contributed by atoms with Crippen LogP contribution in [0.5, 0.6) is 0 Å². The molecule has 0 saturated heterocycles. The molecule has 0 bridgehead atoms. The van der Waals surface area contributed by atoms with Gasteiger partial charge in [-0.25, -0.2) is 0 Å². The van der Waals surface area contributed by atoms with Crippen molar-refractivity contribution in [2.24, 2.45) is 7.05 Å². The molecule has 2 aromatic rings. The smallest absolute Gasteiger partial charge is 0.296 e. The normalized spacial score (nSPS) is 11.8. The molecule has 0 aliphatic rings. The molecular weight excluding hydrogens is 236 g/mol. The summed E-state index contributed by atoms with van der Waals surface area (Å²) in [4.78, 5) is 11.5. The molecule has 0 fully saturated rings. The Labute approximate surface area is 113 Å². The summed E-state index contributed by atoms with van der Waals surface area (Å²) in [5, 5.41) is 4.08. The monoisotopic (exact) mass is 254 g/mol. The van der Waals surface area contributed by atoms with E-state index in [1.807, 2.05) is 14.0 Å². The van der Waals surface area contributed by atoms with Crippen LogP contribution in [0, 0.1) is 18.8 Å². The zero-order valence-electron chi connectivity index (χ0n) is 11.7. The van der Waals surface area contributed by atoms with E-state index in [-0.39, 0.29) is 11.9 Å². The van der Waals surface area contributed by atoms with Gasteiger partial charge in [0.15, 0.2) is 0 Å². The second kappa shape index (κ2) is 5.19. The van der Waals surface area contributed by atoms with Crippen molar-refractivity contribution in [2.75, 3.05) is 0 Å². The minimum atomic E-state index is -0.236. The fraction of sp³-hybridized carbons (Fsp3) is 0.312. The van der Waals surface area contributed by atoms with E-state index in [1.165, 1.54) is 16.5 Å². The molecule has 1 aromatic carbocycles. The van der Waals surface area contributed by atoms with Crippen LogP contribution < -0.4 is 5.32 Å². The molecule has 0 spiro atoms. The summed E-state index contributed by atoms with van der Waals surface area (Å²) in [7, 11) is 2.02. The fourth-order valence-electron chi connectivity index (χ4n) is 2.31. The lowest BCUT2D eigenvalue weighted by Gasteiger charge is -2.11. The van der Waals surface area contributed by atoms with E-state index >= 15 is 0 Å². The molecule has 1 aromatic heterocycles. The Bertz CT molecular complexity index is 686. The molecule has 2 rings (SSSR count). The SMILES string of the molecule is CC#CC(=O)NC(C)c1cn(C)c2ccc(C)cc12. The van der Waals surface area contributed by atoms with Crippen LogP contribution in [0.1, 0.15) is 31.0 Å². The number of hydrogen-bond donors (Lipinski definition) is 1. The summed E-state index contributed by atoms with van der Waals surface area (Å²) in [5.74, 6) is 4.88. The summed E-state index contributed by atoms with van der Waals surface area (Å²) in [5.41, 5.74) is 3.50. The highest BCUT2D eigenvalue weighted by molar-refractivity contribution is 5.94. The number of fused-ring (bicyclic) bond motifs is 1. The topological polar surface area (TPSA) is 34.0 Å². The van der Waals surface area contributed by atoms with Gasteiger partial charge >= 0.3 is 0 Å². The number of aromatic nitrogens is 1. The zero-order valence-corrected chi connectivity index (χ0v) is 11.7. The molecule has 3 nitrogen and oxygen atoms in total. The second-order valence-corrected chi connectivity index (χ2v) is 4.79. The molecule has 1 unspecified atom stereocenters. The Morgan fingerprint density at radius 3 is 2.84 bits per heavy atom. The van der Waals surface area contributed by atoms with Gasteiger partial charge in [0.25, 0.3) is 5.91 Å². The second-order valence-electron chi connectivity index (χ2n) is 4.79. The standard InChI is InChI=1S/C16H18N2O/c1-5-6-16(19)17-12(3)14-10-18(4)15-8-7-11(2)9-13(14)15/h7-10,12H,1-4H3,(H,17,19). The number of hydrogen-bond acceptors (Lipinski definition) is 1. The van der Waals surface area contributed by atoms with Crippen LogP contribution in [-0.2, 0) is 11.8 Å². The lowest BCUT2D eigenvalue weighted by molar-refractivity contribution is -0.116. The number of nitrogens with one attached hydrogen (secondary N) is 1. The summed E-state index contributed by atoms with van der Waals surface area (Å²) in [6, 6.07) is 6.30. The molecule has 1 atom stereocenters. The van der Waals surface area contributed by atoms with E-state index in [0.717, 1.165) is 5.56 Å². The predicted molar refractivity (Wildman–Crippen MR) is 77.7 cm³/mol. The fourth-order valence-corrected chi connectivity index (χ4v) is 2.31. The van der Waals surface area contributed by atoms with Crippen molar-refractivity contribution >= 4 is 16.8 Å². The third kappa shape index (κ3) is 2.63. The zero-order chi connectivity index (χ0) is 14.0. The summed E-state index contributed by atoms with van der Waals surface area (Å²) in [6.07, 6.45) is 2.06. The summed E-state index contributed by atoms with van der Waals surface area (Å²) < 4.78 is 2.08. The van der Waals surface area contributed by atoms with Crippen LogP contribution in [0.3, 0.4) is 0 Å². The van der Waals surface area contributed by atoms with Crippen molar-refractivity contribution in [3.8, 4) is 11.8 Å². The average molecular weight is 254 g/mol. The van der Waals surface area contributed by atoms with E-state index in [0.29, 0.717) is 0 Å². The highest BCUT2D eigenvalue weighted by Gasteiger charge is 2.14. The molecule has 1 heterocycles. The van der Waals surface area contributed by atoms with Crippen molar-refractivity contribution in [1.82, 2.24) is 9.88 Å². The minimum Gasteiger partial charge on any atom is -0.350 e. The highest BCUT2D eigenvalue weighted by atomic mass is 16.1. The van der Waals surface area contributed by atoms with Gasteiger partial charge in [0.1, 0.15) is 0 Å². The summed E-state index contributed by atoms with van der Waals surface area (Å²) in [6.45, 7) is 5.71. The number of carbonyl (C=O) groups excluding carboxylic acids is 1. The highest BCUT2D eigenvalue weighted by Crippen LogP contribution is 2.26. The number of rotatable bonds is 2. The first-order valence-electron chi connectivity index (χ1n) is 6.31. The van der Waals surface area contributed by atoms with Crippen LogP contribution in [0.25, 0.3) is 10.9 Å². The van der Waals surface area contributed by atoms with Gasteiger partial charge in [-0.05, 0) is 44.4 Å². The Balaban J connectivity index is 2.41. The lowest BCUT2D eigenvalue weighted by atomic mass is 10.1. The van der Waals surface area contributed by atoms with Crippen molar-refractivity contribution in [1.29, 1.82) is 0 Å². The quantitative estimate of drug-likeness (QED) is 0.821. The van der Waals surface area contributed by atoms with Gasteiger partial charge in [0.05, 0.1) is 6.04 Å². The van der Waals surface area contributed by atoms with Gasteiger partial charge in [0.2, 0.25) is 0 Å². The van der Waals surface area contributed by atoms with Crippen molar-refractivity contribution < 1.29 is 4.79 Å². The molecular formula is C16H18N2O. The van der Waals surface area contributed by atoms with Crippen LogP contribution >= 0.6 is 0 Å². The van der Waals surface area contributed by atoms with Gasteiger partial charge < -0.3 is 9.88 Å². The molecule has 0 radical (unpaired) electrons. The Morgan fingerprint density at radius 2 is 2.16 bits per heavy atom. The van der Waals surface area contributed by atoms with Crippen LogP contribution in [-0.4, -0.2) is 10.5 Å². The molecule has 0 aliphatic carbocycles. The molecule has 98 valence electrons. The van der Waals surface area contributed by atoms with Gasteiger partial charge in [-0.1, -0.05) is 17.6 Å². The maximum atomic E-state index is 11.5. The molecule has 0 aliphatic heterocycles. The van der Waals surface area contributed by atoms with Crippen molar-refractivity contribution in [3.63, 3.8) is 0 Å². The minimum absolute atomic E-state index is 0.0566. The predicted octanol–water partition coefficient (Wildman–Crippen LogP) is 2.69. The number of aryl methyl sites for hydroxylation is 2. The maximum Gasteiger partial charge on any atom is 0.296 e. The van der Waals surface area contributed by atoms with Gasteiger partial charge in [-0.3, -0.25) is 4.79 Å². The van der Waals surface area contributed by atoms with E-state index in [4.69, 9.17) is 0 Å². The Kier molecular flexibility index (Phi) is 3.62. The Hall–Kier alpha value is -2.21. The number of carbonyl (C=O) groups is 1. The first kappa shape index (κ1) is 13.2. The number of nitrogens with zero attached hydrogens (tertiary/aromatic N) is 1. The lowest BCUT2D eigenvalue weighted by Crippen LogP contribution is -2.24. The largest absolute Gasteiger partial charge is 0.350 e. The number of amides is 1. The molecule has 1 amide bonds. The summed E-state index contributed by atoms with van der Waals surface area (Å²) >= 11 is 0. The van der Waals surface area contributed by atoms with Crippen molar-refractivity contribution in [3.05, 3.63) is 35.5 Å². The van der Waals surface area contributed by atoms with E-state index in [1.54, 1.807) is 6.92 Å². The van der Waals surface area contributed by atoms with Crippen LogP contribution in [0.2, 0.25) is 0 Å². The van der Waals surface area contributed by atoms with Gasteiger partial charge in [-0.15, -0.1) is 0 Å². The first-order chi connectivity index (χ1) is 9.02. The Morgan fingerprint density at radius 1 is 1.42 bits per heavy atom. The van der Waals surface area contributed by atoms with E-state index in [2.05, 4.69) is 53.0 Å². The molecule has 1 N–H and O–H groups in total.